The summed E-state index contributed by atoms with van der Waals surface area (Å²) in [6, 6.07) is 3.79. The quantitative estimate of drug-likeness (QED) is 0.587. The molecule has 0 amide bonds. The number of nitro groups is 1. The van der Waals surface area contributed by atoms with Gasteiger partial charge in [-0.05, 0) is 13.0 Å². The van der Waals surface area contributed by atoms with Crippen molar-refractivity contribution in [3.05, 3.63) is 38.9 Å². The third kappa shape index (κ3) is 1.94. The van der Waals surface area contributed by atoms with Gasteiger partial charge in [-0.2, -0.15) is 0 Å². The van der Waals surface area contributed by atoms with Gasteiger partial charge in [-0.15, -0.1) is 0 Å². The minimum atomic E-state index is -0.698. The fraction of sp³-hybridized carbons (Fsp3) is 0.200. The van der Waals surface area contributed by atoms with Crippen molar-refractivity contribution in [2.24, 2.45) is 0 Å². The molecule has 0 radical (unpaired) electrons. The molecule has 0 N–H and O–H groups in total. The van der Waals surface area contributed by atoms with Gasteiger partial charge in [0.1, 0.15) is 5.78 Å². The summed E-state index contributed by atoms with van der Waals surface area (Å²) in [6.45, 7) is 1.16. The first kappa shape index (κ1) is 11.1. The van der Waals surface area contributed by atoms with E-state index in [1.54, 1.807) is 0 Å². The molecule has 0 spiro atoms. The van der Waals surface area contributed by atoms with Gasteiger partial charge in [-0.1, -0.05) is 0 Å². The van der Waals surface area contributed by atoms with E-state index in [4.69, 9.17) is 4.42 Å². The number of rotatable bonds is 3. The van der Waals surface area contributed by atoms with Gasteiger partial charge in [0.25, 0.3) is 5.69 Å². The molecule has 0 bridgehead atoms. The molecule has 17 heavy (non-hydrogen) atoms. The van der Waals surface area contributed by atoms with Crippen LogP contribution in [0, 0.1) is 10.1 Å². The van der Waals surface area contributed by atoms with E-state index in [0.717, 1.165) is 4.57 Å². The number of oxazole rings is 1. The van der Waals surface area contributed by atoms with Crippen molar-refractivity contribution >= 4 is 22.6 Å². The summed E-state index contributed by atoms with van der Waals surface area (Å²) in [7, 11) is 0. The summed E-state index contributed by atoms with van der Waals surface area (Å²) in [6.07, 6.45) is 0. The van der Waals surface area contributed by atoms with Gasteiger partial charge < -0.3 is 4.42 Å². The lowest BCUT2D eigenvalue weighted by Gasteiger charge is -1.97. The minimum absolute atomic E-state index is 0.157. The summed E-state index contributed by atoms with van der Waals surface area (Å²) in [4.78, 5) is 32.5. The van der Waals surface area contributed by atoms with Gasteiger partial charge >= 0.3 is 5.76 Å². The third-order valence-electron chi connectivity index (χ3n) is 2.24. The number of hydrogen-bond donors (Lipinski definition) is 0. The number of nitro benzene ring substituents is 1. The van der Waals surface area contributed by atoms with E-state index in [2.05, 4.69) is 0 Å². The average Bonchev–Trinajstić information content (AvgIpc) is 2.54. The number of carbonyl (C=O) groups excluding carboxylic acids is 1. The molecule has 0 unspecified atom stereocenters. The molecule has 1 aromatic heterocycles. The zero-order valence-electron chi connectivity index (χ0n) is 8.87. The molecule has 7 heteroatoms. The molecule has 1 aromatic carbocycles. The highest BCUT2D eigenvalue weighted by atomic mass is 16.6. The van der Waals surface area contributed by atoms with Crippen molar-refractivity contribution < 1.29 is 14.1 Å². The maximum Gasteiger partial charge on any atom is 0.420 e. The Morgan fingerprint density at radius 1 is 1.53 bits per heavy atom. The van der Waals surface area contributed by atoms with Crippen LogP contribution in [-0.2, 0) is 11.3 Å². The molecule has 0 aliphatic heterocycles. The van der Waals surface area contributed by atoms with Gasteiger partial charge in [0.15, 0.2) is 5.58 Å². The molecule has 2 aromatic rings. The Hall–Kier alpha value is -2.44. The van der Waals surface area contributed by atoms with Crippen LogP contribution in [0.1, 0.15) is 6.92 Å². The monoisotopic (exact) mass is 236 g/mol. The summed E-state index contributed by atoms with van der Waals surface area (Å²) in [5, 5.41) is 10.6. The topological polar surface area (TPSA) is 95.3 Å². The Balaban J connectivity index is 2.69. The average molecular weight is 236 g/mol. The van der Waals surface area contributed by atoms with Crippen molar-refractivity contribution in [3.8, 4) is 0 Å². The molecule has 0 aliphatic carbocycles. The van der Waals surface area contributed by atoms with E-state index < -0.39 is 10.7 Å². The van der Waals surface area contributed by atoms with Gasteiger partial charge in [0.2, 0.25) is 0 Å². The Labute approximate surface area is 94.4 Å². The van der Waals surface area contributed by atoms with E-state index in [1.807, 2.05) is 0 Å². The predicted molar refractivity (Wildman–Crippen MR) is 57.8 cm³/mol. The van der Waals surface area contributed by atoms with Crippen LogP contribution in [0.15, 0.2) is 27.4 Å². The fourth-order valence-corrected chi connectivity index (χ4v) is 1.54. The fourth-order valence-electron chi connectivity index (χ4n) is 1.54. The molecule has 1 heterocycles. The molecule has 7 nitrogen and oxygen atoms in total. The number of nitrogens with zero attached hydrogens (tertiary/aromatic N) is 2. The first-order valence-corrected chi connectivity index (χ1v) is 4.76. The Kier molecular flexibility index (Phi) is 2.51. The Morgan fingerprint density at radius 2 is 2.24 bits per heavy atom. The van der Waals surface area contributed by atoms with Gasteiger partial charge in [0, 0.05) is 12.1 Å². The van der Waals surface area contributed by atoms with Gasteiger partial charge in [0.05, 0.1) is 17.0 Å². The molecule has 0 atom stereocenters. The molecule has 0 fully saturated rings. The smallest absolute Gasteiger partial charge is 0.408 e. The maximum absolute atomic E-state index is 11.4. The van der Waals surface area contributed by atoms with Crippen LogP contribution in [0.2, 0.25) is 0 Å². The molecule has 88 valence electrons. The van der Waals surface area contributed by atoms with E-state index in [-0.39, 0.29) is 29.1 Å². The van der Waals surface area contributed by atoms with E-state index in [1.165, 1.54) is 25.1 Å². The number of non-ortho nitro benzene ring substituents is 1. The van der Waals surface area contributed by atoms with Crippen LogP contribution >= 0.6 is 0 Å². The normalized spacial score (nSPS) is 10.6. The third-order valence-corrected chi connectivity index (χ3v) is 2.24. The molecule has 0 aliphatic rings. The second kappa shape index (κ2) is 3.85. The predicted octanol–water partition coefficient (Wildman–Crippen LogP) is 1.09. The first-order valence-electron chi connectivity index (χ1n) is 4.76. The summed E-state index contributed by atoms with van der Waals surface area (Å²) < 4.78 is 5.94. The Bertz CT molecular complexity index is 667. The molecule has 0 saturated heterocycles. The number of ketones is 1. The summed E-state index contributed by atoms with van der Waals surface area (Å²) in [5.41, 5.74) is 0.317. The van der Waals surface area contributed by atoms with Crippen molar-refractivity contribution in [1.82, 2.24) is 4.57 Å². The number of benzene rings is 1. The lowest BCUT2D eigenvalue weighted by molar-refractivity contribution is -0.384. The van der Waals surface area contributed by atoms with Gasteiger partial charge in [-0.3, -0.25) is 19.5 Å². The van der Waals surface area contributed by atoms with Crippen molar-refractivity contribution in [3.63, 3.8) is 0 Å². The van der Waals surface area contributed by atoms with Crippen LogP contribution in [-0.4, -0.2) is 15.3 Å². The number of fused-ring (bicyclic) bond motifs is 1. The van der Waals surface area contributed by atoms with E-state index in [0.29, 0.717) is 0 Å². The lowest BCUT2D eigenvalue weighted by atomic mass is 10.3. The highest BCUT2D eigenvalue weighted by Gasteiger charge is 2.14. The second-order valence-corrected chi connectivity index (χ2v) is 3.57. The van der Waals surface area contributed by atoms with E-state index in [9.17, 15) is 19.7 Å². The highest BCUT2D eigenvalue weighted by molar-refractivity contribution is 5.80. The maximum atomic E-state index is 11.4. The lowest BCUT2D eigenvalue weighted by Crippen LogP contribution is -2.18. The van der Waals surface area contributed by atoms with Crippen molar-refractivity contribution in [1.29, 1.82) is 0 Å². The van der Waals surface area contributed by atoms with Crippen LogP contribution in [0.4, 0.5) is 5.69 Å². The van der Waals surface area contributed by atoms with Crippen LogP contribution in [0.3, 0.4) is 0 Å². The number of hydrogen-bond acceptors (Lipinski definition) is 5. The van der Waals surface area contributed by atoms with Crippen LogP contribution in [0.25, 0.3) is 11.1 Å². The number of carbonyl (C=O) groups is 1. The first-order chi connectivity index (χ1) is 7.99. The zero-order chi connectivity index (χ0) is 12.6. The van der Waals surface area contributed by atoms with E-state index >= 15 is 0 Å². The largest absolute Gasteiger partial charge is 0.420 e. The number of Topliss-reactive ketones (excluding diaryl/α,β-unsaturated/α-hetero) is 1. The minimum Gasteiger partial charge on any atom is -0.408 e. The SMILES string of the molecule is CC(=O)Cn1c(=O)oc2ccc([N+](=O)[O-])cc21. The number of aromatic nitrogens is 1. The Morgan fingerprint density at radius 3 is 2.82 bits per heavy atom. The van der Waals surface area contributed by atoms with Crippen LogP contribution in [0.5, 0.6) is 0 Å². The molecule has 2 rings (SSSR count). The van der Waals surface area contributed by atoms with Crippen molar-refractivity contribution in [2.75, 3.05) is 0 Å². The van der Waals surface area contributed by atoms with Crippen molar-refractivity contribution in [2.45, 2.75) is 13.5 Å². The summed E-state index contributed by atoms with van der Waals surface area (Å²) in [5.74, 6) is -0.933. The zero-order valence-corrected chi connectivity index (χ0v) is 8.87. The molecular weight excluding hydrogens is 228 g/mol. The summed E-state index contributed by atoms with van der Waals surface area (Å²) >= 11 is 0. The standard InChI is InChI=1S/C10H8N2O5/c1-6(13)5-11-8-4-7(12(15)16)2-3-9(8)17-10(11)14/h2-4H,5H2,1H3. The van der Waals surface area contributed by atoms with Gasteiger partial charge in [-0.25, -0.2) is 4.79 Å². The molecule has 0 saturated carbocycles. The molecular formula is C10H8N2O5. The highest BCUT2D eigenvalue weighted by Crippen LogP contribution is 2.19. The second-order valence-electron chi connectivity index (χ2n) is 3.57. The van der Waals surface area contributed by atoms with Crippen LogP contribution < -0.4 is 5.76 Å².